The molecule has 0 aliphatic heterocycles. The molecule has 0 N–H and O–H groups in total. The topological polar surface area (TPSA) is 88.1 Å². The van der Waals surface area contributed by atoms with E-state index in [1.54, 1.807) is 56.8 Å². The van der Waals surface area contributed by atoms with Gasteiger partial charge < -0.3 is 18.6 Å². The van der Waals surface area contributed by atoms with Crippen molar-refractivity contribution in [2.75, 3.05) is 20.8 Å². The van der Waals surface area contributed by atoms with Gasteiger partial charge in [-0.1, -0.05) is 30.2 Å². The second-order valence-electron chi connectivity index (χ2n) is 8.49. The Morgan fingerprint density at radius 2 is 1.90 bits per heavy atom. The van der Waals surface area contributed by atoms with Crippen molar-refractivity contribution in [1.82, 2.24) is 9.66 Å². The Morgan fingerprint density at radius 3 is 2.67 bits per heavy atom. The lowest BCUT2D eigenvalue weighted by atomic mass is 10.1. The highest BCUT2D eigenvalue weighted by Crippen LogP contribution is 2.34. The zero-order chi connectivity index (χ0) is 27.4. The Morgan fingerprint density at radius 1 is 1.08 bits per heavy atom. The summed E-state index contributed by atoms with van der Waals surface area (Å²) >= 11 is 0. The smallest absolute Gasteiger partial charge is 0.282 e. The van der Waals surface area contributed by atoms with Gasteiger partial charge in [-0.15, -0.1) is 13.0 Å². The predicted molar refractivity (Wildman–Crippen MR) is 152 cm³/mol. The summed E-state index contributed by atoms with van der Waals surface area (Å²) < 4.78 is 24.1. The van der Waals surface area contributed by atoms with E-state index in [2.05, 4.69) is 17.6 Å². The molecule has 2 aromatic heterocycles. The van der Waals surface area contributed by atoms with Crippen LogP contribution < -0.4 is 19.8 Å². The highest BCUT2D eigenvalue weighted by Gasteiger charge is 2.18. The van der Waals surface area contributed by atoms with Gasteiger partial charge in [0.05, 0.1) is 36.7 Å². The first kappa shape index (κ1) is 25.4. The van der Waals surface area contributed by atoms with E-state index in [0.717, 1.165) is 10.9 Å². The lowest BCUT2D eigenvalue weighted by Gasteiger charge is -2.14. The third-order valence-electron chi connectivity index (χ3n) is 6.08. The van der Waals surface area contributed by atoms with Crippen LogP contribution in [0.15, 0.2) is 87.6 Å². The van der Waals surface area contributed by atoms with E-state index < -0.39 is 0 Å². The van der Waals surface area contributed by atoms with Gasteiger partial charge in [0.15, 0.2) is 17.3 Å². The van der Waals surface area contributed by atoms with E-state index in [-0.39, 0.29) is 18.0 Å². The number of aromatic nitrogens is 2. The Bertz CT molecular complexity index is 1820. The molecule has 39 heavy (non-hydrogen) atoms. The number of nitrogens with zero attached hydrogens (tertiary/aromatic N) is 3. The standard InChI is InChI=1S/C31H25N3O5/c1-5-10-21-16-20(17-27(37-4)29(21)38-15-6-2)19-32-34-30(33-24-12-8-7-11-22(24)31(34)35)28-18-23-25(36-3)13-9-14-26(23)39-28/h2,5,7-9,11-14,16-19H,1,10,15H2,3-4H3. The molecule has 8 nitrogen and oxygen atoms in total. The van der Waals surface area contributed by atoms with Crippen LogP contribution in [0.4, 0.5) is 0 Å². The minimum Gasteiger partial charge on any atom is -0.496 e. The van der Waals surface area contributed by atoms with Crippen LogP contribution in [-0.4, -0.2) is 36.7 Å². The molecule has 5 aromatic rings. The van der Waals surface area contributed by atoms with Crippen LogP contribution in [0.3, 0.4) is 0 Å². The van der Waals surface area contributed by atoms with E-state index in [1.807, 2.05) is 30.3 Å². The molecule has 0 aliphatic rings. The Hall–Kier alpha value is -5.29. The number of furan rings is 1. The van der Waals surface area contributed by atoms with E-state index in [1.165, 1.54) is 4.68 Å². The minimum atomic E-state index is -0.341. The first-order valence-corrected chi connectivity index (χ1v) is 12.1. The van der Waals surface area contributed by atoms with E-state index in [4.69, 9.17) is 30.0 Å². The van der Waals surface area contributed by atoms with Crippen molar-refractivity contribution in [3.63, 3.8) is 0 Å². The van der Waals surface area contributed by atoms with Crippen molar-refractivity contribution < 1.29 is 18.6 Å². The van der Waals surface area contributed by atoms with Crippen LogP contribution in [0.5, 0.6) is 17.2 Å². The van der Waals surface area contributed by atoms with Gasteiger partial charge in [0.2, 0.25) is 5.82 Å². The van der Waals surface area contributed by atoms with Gasteiger partial charge in [-0.05, 0) is 54.4 Å². The number of para-hydroxylation sites is 1. The number of benzene rings is 3. The normalized spacial score (nSPS) is 11.1. The number of hydrogen-bond donors (Lipinski definition) is 0. The molecule has 0 amide bonds. The van der Waals surface area contributed by atoms with Crippen molar-refractivity contribution in [3.8, 4) is 41.2 Å². The van der Waals surface area contributed by atoms with Gasteiger partial charge in [0.25, 0.3) is 5.56 Å². The second kappa shape index (κ2) is 11.0. The van der Waals surface area contributed by atoms with Crippen molar-refractivity contribution >= 4 is 28.1 Å². The third kappa shape index (κ3) is 4.86. The van der Waals surface area contributed by atoms with Crippen LogP contribution in [0.25, 0.3) is 33.5 Å². The minimum absolute atomic E-state index is 0.0950. The molecular weight excluding hydrogens is 494 g/mol. The molecule has 0 radical (unpaired) electrons. The highest BCUT2D eigenvalue weighted by molar-refractivity contribution is 5.89. The summed E-state index contributed by atoms with van der Waals surface area (Å²) in [6, 6.07) is 18.0. The average molecular weight is 520 g/mol. The number of fused-ring (bicyclic) bond motifs is 2. The summed E-state index contributed by atoms with van der Waals surface area (Å²) in [6.45, 7) is 3.92. The molecule has 0 spiro atoms. The lowest BCUT2D eigenvalue weighted by molar-refractivity contribution is 0.328. The van der Waals surface area contributed by atoms with Crippen molar-refractivity contribution in [2.24, 2.45) is 5.10 Å². The van der Waals surface area contributed by atoms with Crippen molar-refractivity contribution in [1.29, 1.82) is 0 Å². The van der Waals surface area contributed by atoms with E-state index in [0.29, 0.717) is 51.5 Å². The molecule has 0 unspecified atom stereocenters. The lowest BCUT2D eigenvalue weighted by Crippen LogP contribution is -2.20. The molecule has 0 saturated heterocycles. The maximum absolute atomic E-state index is 13.6. The predicted octanol–water partition coefficient (Wildman–Crippen LogP) is 5.45. The molecule has 0 bridgehead atoms. The summed E-state index contributed by atoms with van der Waals surface area (Å²) in [4.78, 5) is 18.3. The van der Waals surface area contributed by atoms with Gasteiger partial charge in [0, 0.05) is 5.56 Å². The van der Waals surface area contributed by atoms with Crippen LogP contribution >= 0.6 is 0 Å². The number of terminal acetylenes is 1. The van der Waals surface area contributed by atoms with Crippen molar-refractivity contribution in [3.05, 3.63) is 94.8 Å². The molecule has 3 aromatic carbocycles. The number of ether oxygens (including phenoxy) is 3. The number of rotatable bonds is 9. The van der Waals surface area contributed by atoms with Gasteiger partial charge in [-0.2, -0.15) is 9.78 Å². The zero-order valence-corrected chi connectivity index (χ0v) is 21.5. The third-order valence-corrected chi connectivity index (χ3v) is 6.08. The van der Waals surface area contributed by atoms with Crippen LogP contribution in [0.2, 0.25) is 0 Å². The molecule has 5 rings (SSSR count). The van der Waals surface area contributed by atoms with E-state index in [9.17, 15) is 4.79 Å². The summed E-state index contributed by atoms with van der Waals surface area (Å²) in [5.74, 6) is 4.76. The van der Waals surface area contributed by atoms with Gasteiger partial charge in [0.1, 0.15) is 17.9 Å². The fourth-order valence-corrected chi connectivity index (χ4v) is 4.33. The average Bonchev–Trinajstić information content (AvgIpc) is 3.40. The monoisotopic (exact) mass is 519 g/mol. The quantitative estimate of drug-likeness (QED) is 0.146. The van der Waals surface area contributed by atoms with Crippen molar-refractivity contribution in [2.45, 2.75) is 6.42 Å². The fourth-order valence-electron chi connectivity index (χ4n) is 4.33. The van der Waals surface area contributed by atoms with Gasteiger partial charge >= 0.3 is 0 Å². The molecule has 8 heteroatoms. The molecule has 0 atom stereocenters. The molecule has 194 valence electrons. The number of methoxy groups -OCH3 is 2. The maximum Gasteiger partial charge on any atom is 0.282 e. The Balaban J connectivity index is 1.68. The summed E-state index contributed by atoms with van der Waals surface area (Å²) in [6.07, 6.45) is 9.21. The van der Waals surface area contributed by atoms with Crippen LogP contribution in [-0.2, 0) is 6.42 Å². The van der Waals surface area contributed by atoms with Gasteiger partial charge in [-0.3, -0.25) is 4.79 Å². The zero-order valence-electron chi connectivity index (χ0n) is 21.5. The summed E-state index contributed by atoms with van der Waals surface area (Å²) in [7, 11) is 3.13. The van der Waals surface area contributed by atoms with E-state index >= 15 is 0 Å². The molecular formula is C31H25N3O5. The largest absolute Gasteiger partial charge is 0.496 e. The molecule has 2 heterocycles. The molecule has 0 fully saturated rings. The van der Waals surface area contributed by atoms with Gasteiger partial charge in [-0.25, -0.2) is 4.98 Å². The molecule has 0 aliphatic carbocycles. The highest BCUT2D eigenvalue weighted by atomic mass is 16.5. The fraction of sp³-hybridized carbons (Fsp3) is 0.129. The second-order valence-corrected chi connectivity index (χ2v) is 8.49. The first-order chi connectivity index (χ1) is 19.1. The first-order valence-electron chi connectivity index (χ1n) is 12.1. The Labute approximate surface area is 224 Å². The SMILES string of the molecule is C#CCOc1c(CC=C)cc(C=Nn2c(-c3cc4c(OC)cccc4o3)nc3ccccc3c2=O)cc1OC. The number of hydrogen-bond acceptors (Lipinski definition) is 7. The number of allylic oxidation sites excluding steroid dienone is 1. The maximum atomic E-state index is 13.6. The molecule has 0 saturated carbocycles. The summed E-state index contributed by atoms with van der Waals surface area (Å²) in [5.41, 5.74) is 2.28. The Kier molecular flexibility index (Phi) is 7.15. The van der Waals surface area contributed by atoms with Crippen LogP contribution in [0, 0.1) is 12.3 Å². The van der Waals surface area contributed by atoms with Crippen LogP contribution in [0.1, 0.15) is 11.1 Å². The summed E-state index contributed by atoms with van der Waals surface area (Å²) in [5, 5.41) is 5.74.